The minimum absolute atomic E-state index is 0.115. The molecular formula is C31H38F3N5O5. The Hall–Kier alpha value is -4.13. The predicted octanol–water partition coefficient (Wildman–Crippen LogP) is 5.40. The minimum atomic E-state index is -1.56. The van der Waals surface area contributed by atoms with Gasteiger partial charge in [-0.25, -0.2) is 22.9 Å². The Morgan fingerprint density at radius 1 is 1.00 bits per heavy atom. The lowest BCUT2D eigenvalue weighted by Gasteiger charge is -2.28. The molecule has 10 nitrogen and oxygen atoms in total. The number of halogens is 3. The molecule has 0 bridgehead atoms. The fourth-order valence-electron chi connectivity index (χ4n) is 4.81. The van der Waals surface area contributed by atoms with Crippen molar-refractivity contribution in [1.29, 1.82) is 0 Å². The fourth-order valence-corrected chi connectivity index (χ4v) is 4.81. The molecule has 0 saturated carbocycles. The van der Waals surface area contributed by atoms with Gasteiger partial charge in [-0.15, -0.1) is 0 Å². The maximum Gasteiger partial charge on any atom is 0.407 e. The molecule has 2 aromatic carbocycles. The van der Waals surface area contributed by atoms with E-state index in [-0.39, 0.29) is 23.4 Å². The summed E-state index contributed by atoms with van der Waals surface area (Å²) < 4.78 is 57.0. The minimum Gasteiger partial charge on any atom is -0.486 e. The number of fused-ring (bicyclic) bond motifs is 1. The Kier molecular flexibility index (Phi) is 10.5. The molecule has 238 valence electrons. The number of nitrogens with zero attached hydrogens (tertiary/aromatic N) is 4. The molecule has 0 spiro atoms. The summed E-state index contributed by atoms with van der Waals surface area (Å²) in [6, 6.07) is 4.99. The number of carbonyl (C=O) groups is 2. The normalized spacial score (nSPS) is 15.8. The first-order valence-corrected chi connectivity index (χ1v) is 14.5. The van der Waals surface area contributed by atoms with Crippen molar-refractivity contribution in [3.63, 3.8) is 0 Å². The maximum atomic E-state index is 13.8. The summed E-state index contributed by atoms with van der Waals surface area (Å²) >= 11 is 0. The van der Waals surface area contributed by atoms with Crippen LogP contribution in [0.3, 0.4) is 0 Å². The number of carbonyl (C=O) groups excluding carboxylic acids is 2. The van der Waals surface area contributed by atoms with Crippen molar-refractivity contribution in [3.8, 4) is 5.75 Å². The van der Waals surface area contributed by atoms with Crippen molar-refractivity contribution < 1.29 is 37.0 Å². The monoisotopic (exact) mass is 617 g/mol. The molecule has 1 unspecified atom stereocenters. The highest BCUT2D eigenvalue weighted by Crippen LogP contribution is 2.31. The van der Waals surface area contributed by atoms with Gasteiger partial charge in [0, 0.05) is 56.5 Å². The molecule has 1 aromatic heterocycles. The van der Waals surface area contributed by atoms with Gasteiger partial charge in [0.25, 0.3) is 5.91 Å². The molecule has 3 aromatic rings. The highest BCUT2D eigenvalue weighted by Gasteiger charge is 2.25. The molecule has 2 saturated heterocycles. The first kappa shape index (κ1) is 32.8. The summed E-state index contributed by atoms with van der Waals surface area (Å²) in [6.07, 6.45) is 2.43. The first-order valence-electron chi connectivity index (χ1n) is 14.5. The first-order chi connectivity index (χ1) is 20.9. The molecule has 3 heterocycles. The number of alkyl carbamates (subject to hydrolysis) is 1. The second kappa shape index (κ2) is 14.1. The number of ether oxygens (including phenoxy) is 3. The van der Waals surface area contributed by atoms with Crippen LogP contribution in [-0.4, -0.2) is 78.9 Å². The van der Waals surface area contributed by atoms with Crippen molar-refractivity contribution in [1.82, 2.24) is 20.2 Å². The summed E-state index contributed by atoms with van der Waals surface area (Å²) in [7, 11) is 1.54. The SMILES string of the molecule is CC(Oc1cc(F)c(F)c(F)c1)c1cc(C(=O)N2CCCC2)cc2ncc(N3CCOCC3)nc12.CNC(=O)OC(C)(C)C. The number of morpholine rings is 1. The average molecular weight is 618 g/mol. The van der Waals surface area contributed by atoms with Gasteiger partial charge in [0.05, 0.1) is 30.4 Å². The van der Waals surface area contributed by atoms with E-state index in [0.717, 1.165) is 25.0 Å². The largest absolute Gasteiger partial charge is 0.486 e. The van der Waals surface area contributed by atoms with Crippen molar-refractivity contribution in [2.75, 3.05) is 51.3 Å². The van der Waals surface area contributed by atoms with Crippen LogP contribution in [0, 0.1) is 17.5 Å². The van der Waals surface area contributed by atoms with Gasteiger partial charge >= 0.3 is 6.09 Å². The van der Waals surface area contributed by atoms with E-state index in [2.05, 4.69) is 15.2 Å². The third kappa shape index (κ3) is 8.28. The summed E-state index contributed by atoms with van der Waals surface area (Å²) in [5.41, 5.74) is 1.61. The molecule has 13 heteroatoms. The third-order valence-electron chi connectivity index (χ3n) is 6.95. The number of aromatic nitrogens is 2. The van der Waals surface area contributed by atoms with Crippen LogP contribution < -0.4 is 15.0 Å². The number of nitrogens with one attached hydrogen (secondary N) is 1. The maximum absolute atomic E-state index is 13.8. The van der Waals surface area contributed by atoms with Crippen molar-refractivity contribution in [2.24, 2.45) is 0 Å². The van der Waals surface area contributed by atoms with E-state index >= 15 is 0 Å². The molecule has 0 radical (unpaired) electrons. The van der Waals surface area contributed by atoms with E-state index in [1.54, 1.807) is 30.2 Å². The van der Waals surface area contributed by atoms with E-state index in [1.807, 2.05) is 20.8 Å². The van der Waals surface area contributed by atoms with Gasteiger partial charge in [-0.2, -0.15) is 0 Å². The number of rotatable bonds is 5. The Bertz CT molecular complexity index is 1460. The van der Waals surface area contributed by atoms with Crippen LogP contribution in [0.4, 0.5) is 23.8 Å². The number of amides is 2. The molecule has 5 rings (SSSR count). The molecule has 0 aliphatic carbocycles. The summed E-state index contributed by atoms with van der Waals surface area (Å²) in [6.45, 7) is 11.0. The predicted molar refractivity (Wildman–Crippen MR) is 158 cm³/mol. The molecule has 1 atom stereocenters. The van der Waals surface area contributed by atoms with E-state index in [1.165, 1.54) is 7.05 Å². The zero-order valence-electron chi connectivity index (χ0n) is 25.6. The third-order valence-corrected chi connectivity index (χ3v) is 6.95. The lowest BCUT2D eigenvalue weighted by molar-refractivity contribution is 0.0541. The van der Waals surface area contributed by atoms with Crippen LogP contribution >= 0.6 is 0 Å². The van der Waals surface area contributed by atoms with Crippen LogP contribution in [0.2, 0.25) is 0 Å². The number of hydrogen-bond donors (Lipinski definition) is 1. The number of anilines is 1. The van der Waals surface area contributed by atoms with Crippen molar-refractivity contribution >= 4 is 28.9 Å². The number of likely N-dealkylation sites (tertiary alicyclic amines) is 1. The van der Waals surface area contributed by atoms with E-state index in [9.17, 15) is 22.8 Å². The number of benzene rings is 2. The lowest BCUT2D eigenvalue weighted by atomic mass is 10.0. The van der Waals surface area contributed by atoms with Gasteiger partial charge in [0.2, 0.25) is 0 Å². The summed E-state index contributed by atoms with van der Waals surface area (Å²) in [5.74, 6) is -3.87. The molecule has 2 aliphatic rings. The quantitative estimate of drug-likeness (QED) is 0.380. The van der Waals surface area contributed by atoms with Crippen LogP contribution in [0.5, 0.6) is 5.75 Å². The van der Waals surface area contributed by atoms with Gasteiger partial charge in [0.15, 0.2) is 17.5 Å². The van der Waals surface area contributed by atoms with Gasteiger partial charge in [0.1, 0.15) is 23.3 Å². The lowest BCUT2D eigenvalue weighted by Crippen LogP contribution is -2.36. The Morgan fingerprint density at radius 3 is 2.20 bits per heavy atom. The van der Waals surface area contributed by atoms with Gasteiger partial charge in [-0.05, 0) is 52.7 Å². The molecule has 2 fully saturated rings. The molecule has 1 N–H and O–H groups in total. The molecular weight excluding hydrogens is 579 g/mol. The second-order valence-corrected chi connectivity index (χ2v) is 11.5. The van der Waals surface area contributed by atoms with Crippen LogP contribution in [0.15, 0.2) is 30.5 Å². The van der Waals surface area contributed by atoms with Gasteiger partial charge < -0.3 is 29.3 Å². The second-order valence-electron chi connectivity index (χ2n) is 11.5. The molecule has 2 aliphatic heterocycles. The van der Waals surface area contributed by atoms with Gasteiger partial charge in [-0.3, -0.25) is 9.78 Å². The Labute approximate surface area is 254 Å². The van der Waals surface area contributed by atoms with Crippen molar-refractivity contribution in [3.05, 3.63) is 59.0 Å². The van der Waals surface area contributed by atoms with E-state index in [4.69, 9.17) is 19.2 Å². The fraction of sp³-hybridized carbons (Fsp3) is 0.484. The molecule has 2 amide bonds. The highest BCUT2D eigenvalue weighted by molar-refractivity contribution is 5.98. The van der Waals surface area contributed by atoms with Crippen LogP contribution in [0.1, 0.15) is 62.6 Å². The van der Waals surface area contributed by atoms with Crippen LogP contribution in [0.25, 0.3) is 11.0 Å². The molecule has 44 heavy (non-hydrogen) atoms. The number of hydrogen-bond acceptors (Lipinski definition) is 8. The summed E-state index contributed by atoms with van der Waals surface area (Å²) in [5, 5.41) is 2.36. The zero-order valence-corrected chi connectivity index (χ0v) is 25.6. The Morgan fingerprint density at radius 2 is 1.64 bits per heavy atom. The van der Waals surface area contributed by atoms with Gasteiger partial charge in [-0.1, -0.05) is 0 Å². The highest BCUT2D eigenvalue weighted by atomic mass is 19.2. The zero-order chi connectivity index (χ0) is 32.0. The standard InChI is InChI=1S/C25H25F3N4O3.C6H13NO2/c1-15(35-17-12-19(26)23(28)20(27)13-17)18-10-16(25(33)32-4-2-3-5-32)11-21-24(18)30-22(14-29-21)31-6-8-34-9-7-31;1-6(2,3)9-5(8)7-4/h10-15H,2-9H2,1H3;1-4H3,(H,7,8). The smallest absolute Gasteiger partial charge is 0.407 e. The van der Waals surface area contributed by atoms with E-state index in [0.29, 0.717) is 67.4 Å². The van der Waals surface area contributed by atoms with Crippen molar-refractivity contribution in [2.45, 2.75) is 52.2 Å². The average Bonchev–Trinajstić information content (AvgIpc) is 3.54. The van der Waals surface area contributed by atoms with Crippen LogP contribution in [-0.2, 0) is 9.47 Å². The Balaban J connectivity index is 0.000000429. The summed E-state index contributed by atoms with van der Waals surface area (Å²) in [4.78, 5) is 36.9. The van der Waals surface area contributed by atoms with E-state index < -0.39 is 23.6 Å². The topological polar surface area (TPSA) is 106 Å².